The number of aliphatic hydroxyl groups is 2. The number of rotatable bonds is 25. The lowest BCUT2D eigenvalue weighted by Crippen LogP contribution is -2.43. The van der Waals surface area contributed by atoms with E-state index in [2.05, 4.69) is 6.07 Å². The SMILES string of the molecule is C.COc1ccc(S(=O)(=O)N(CC(C)C)C[C@@H](O)[C@@H](CC(=O)OC(C)(C)C)Cc2ccc(C#N)cc2)cc1.COc1ccc(S(=O)(=O)N(CC(C)C)C[C@@H](O)[C@@H](CC(=O)OC(C)(C)C)Cc2ccc(C=O)cc2)cc1. The lowest BCUT2D eigenvalue weighted by molar-refractivity contribution is -0.158. The zero-order chi connectivity index (χ0) is 55.6. The van der Waals surface area contributed by atoms with E-state index in [-0.39, 0.29) is 68.1 Å². The van der Waals surface area contributed by atoms with Gasteiger partial charge in [0.25, 0.3) is 0 Å². The van der Waals surface area contributed by atoms with Gasteiger partial charge >= 0.3 is 11.9 Å². The average Bonchev–Trinajstić information content (AvgIpc) is 3.32. The number of hydrogen-bond donors (Lipinski definition) is 2. The zero-order valence-electron chi connectivity index (χ0n) is 45.0. The highest BCUT2D eigenvalue weighted by molar-refractivity contribution is 7.89. The summed E-state index contributed by atoms with van der Waals surface area (Å²) in [5, 5.41) is 31.7. The number of carbonyl (C=O) groups excluding carboxylic acids is 3. The van der Waals surface area contributed by atoms with Crippen molar-refractivity contribution in [3.05, 3.63) is 119 Å². The summed E-state index contributed by atoms with van der Waals surface area (Å²) in [6, 6.07) is 28.0. The van der Waals surface area contributed by atoms with E-state index in [9.17, 15) is 41.4 Å². The van der Waals surface area contributed by atoms with Crippen molar-refractivity contribution in [2.45, 2.75) is 136 Å². The van der Waals surface area contributed by atoms with Crippen LogP contribution in [0.2, 0.25) is 0 Å². The van der Waals surface area contributed by atoms with Gasteiger partial charge in [0.05, 0.1) is 60.7 Å². The maximum atomic E-state index is 13.5. The first kappa shape index (κ1) is 65.4. The Hall–Kier alpha value is -5.68. The Morgan fingerprint density at radius 1 is 0.587 bits per heavy atom. The number of benzene rings is 4. The molecule has 4 rings (SSSR count). The number of ether oxygens (including phenoxy) is 4. The Morgan fingerprint density at radius 3 is 1.20 bits per heavy atom. The molecule has 0 saturated heterocycles. The molecule has 16 nitrogen and oxygen atoms in total. The molecule has 4 aromatic rings. The van der Waals surface area contributed by atoms with Gasteiger partial charge in [0.15, 0.2) is 0 Å². The molecule has 4 aromatic carbocycles. The molecule has 0 bridgehead atoms. The van der Waals surface area contributed by atoms with Crippen LogP contribution in [0.25, 0.3) is 0 Å². The Bertz CT molecular complexity index is 2660. The largest absolute Gasteiger partial charge is 0.497 e. The van der Waals surface area contributed by atoms with Crippen LogP contribution in [0, 0.1) is 35.0 Å². The van der Waals surface area contributed by atoms with Gasteiger partial charge in [0.2, 0.25) is 20.0 Å². The van der Waals surface area contributed by atoms with Gasteiger partial charge in [0, 0.05) is 43.6 Å². The van der Waals surface area contributed by atoms with Crippen LogP contribution < -0.4 is 9.47 Å². The Balaban J connectivity index is 0.000000507. The second-order valence-corrected chi connectivity index (χ2v) is 25.0. The fourth-order valence-corrected chi connectivity index (χ4v) is 11.0. The van der Waals surface area contributed by atoms with Crippen molar-refractivity contribution in [1.29, 1.82) is 5.26 Å². The molecular weight excluding hydrogens is 999 g/mol. The summed E-state index contributed by atoms with van der Waals surface area (Å²) >= 11 is 0. The van der Waals surface area contributed by atoms with E-state index in [0.29, 0.717) is 35.5 Å². The van der Waals surface area contributed by atoms with Crippen molar-refractivity contribution >= 4 is 38.3 Å². The predicted molar refractivity (Wildman–Crippen MR) is 290 cm³/mol. The number of esters is 2. The number of methoxy groups -OCH3 is 2. The van der Waals surface area contributed by atoms with Crippen LogP contribution in [-0.4, -0.2) is 118 Å². The summed E-state index contributed by atoms with van der Waals surface area (Å²) in [5.74, 6) is -1.10. The Labute approximate surface area is 447 Å². The molecule has 0 spiro atoms. The lowest BCUT2D eigenvalue weighted by Gasteiger charge is -2.30. The molecule has 414 valence electrons. The third-order valence-corrected chi connectivity index (χ3v) is 15.0. The first-order valence-electron chi connectivity index (χ1n) is 24.6. The molecule has 0 aromatic heterocycles. The highest BCUT2D eigenvalue weighted by atomic mass is 32.2. The quantitative estimate of drug-likeness (QED) is 0.0467. The van der Waals surface area contributed by atoms with Crippen LogP contribution in [0.3, 0.4) is 0 Å². The molecule has 4 atom stereocenters. The highest BCUT2D eigenvalue weighted by Crippen LogP contribution is 2.28. The molecule has 0 aliphatic carbocycles. The third kappa shape index (κ3) is 22.2. The average molecular weight is 1080 g/mol. The molecule has 0 saturated carbocycles. The zero-order valence-corrected chi connectivity index (χ0v) is 46.6. The summed E-state index contributed by atoms with van der Waals surface area (Å²) in [7, 11) is -4.84. The van der Waals surface area contributed by atoms with Crippen molar-refractivity contribution in [2.24, 2.45) is 23.7 Å². The molecule has 0 fully saturated rings. The molecule has 0 unspecified atom stereocenters. The van der Waals surface area contributed by atoms with Crippen LogP contribution >= 0.6 is 0 Å². The van der Waals surface area contributed by atoms with Gasteiger partial charge in [0.1, 0.15) is 29.0 Å². The summed E-state index contributed by atoms with van der Waals surface area (Å²) in [6.07, 6.45) is -1.12. The summed E-state index contributed by atoms with van der Waals surface area (Å²) in [5.41, 5.74) is 1.26. The second kappa shape index (κ2) is 29.6. The fourth-order valence-electron chi connectivity index (χ4n) is 7.80. The van der Waals surface area contributed by atoms with E-state index in [1.807, 2.05) is 27.7 Å². The number of carbonyl (C=O) groups is 3. The van der Waals surface area contributed by atoms with E-state index in [1.54, 1.807) is 114 Å². The lowest BCUT2D eigenvalue weighted by atomic mass is 9.90. The summed E-state index contributed by atoms with van der Waals surface area (Å²) in [6.45, 7) is 18.2. The molecule has 2 N–H and O–H groups in total. The van der Waals surface area contributed by atoms with Crippen LogP contribution in [0.4, 0.5) is 0 Å². The van der Waals surface area contributed by atoms with Gasteiger partial charge in [-0.15, -0.1) is 0 Å². The van der Waals surface area contributed by atoms with Crippen LogP contribution in [0.15, 0.2) is 107 Å². The smallest absolute Gasteiger partial charge is 0.306 e. The van der Waals surface area contributed by atoms with Gasteiger partial charge in [-0.2, -0.15) is 13.9 Å². The number of nitrogens with zero attached hydrogens (tertiary/aromatic N) is 3. The van der Waals surface area contributed by atoms with E-state index < -0.39 is 67.2 Å². The Morgan fingerprint density at radius 2 is 0.920 bits per heavy atom. The van der Waals surface area contributed by atoms with Crippen LogP contribution in [0.5, 0.6) is 11.5 Å². The number of hydrogen-bond acceptors (Lipinski definition) is 14. The van der Waals surface area contributed by atoms with Crippen molar-refractivity contribution in [2.75, 3.05) is 40.4 Å². The van der Waals surface area contributed by atoms with Gasteiger partial charge in [-0.3, -0.25) is 14.4 Å². The van der Waals surface area contributed by atoms with E-state index in [1.165, 1.54) is 47.1 Å². The van der Waals surface area contributed by atoms with E-state index >= 15 is 0 Å². The first-order valence-corrected chi connectivity index (χ1v) is 27.5. The summed E-state index contributed by atoms with van der Waals surface area (Å²) < 4.78 is 77.8. The topological polar surface area (TPSA) is 227 Å². The van der Waals surface area contributed by atoms with Gasteiger partial charge < -0.3 is 29.2 Å². The van der Waals surface area contributed by atoms with Crippen molar-refractivity contribution in [1.82, 2.24) is 8.61 Å². The molecule has 0 heterocycles. The number of aliphatic hydroxyl groups excluding tert-OH is 2. The van der Waals surface area contributed by atoms with Crippen molar-refractivity contribution < 1.29 is 60.4 Å². The molecule has 0 aliphatic heterocycles. The van der Waals surface area contributed by atoms with E-state index in [4.69, 9.17) is 24.2 Å². The second-order valence-electron chi connectivity index (χ2n) is 21.1. The number of nitriles is 1. The standard InChI is InChI=1S/C28H38N2O6S.C28H39NO7S.CH4/c1-20(2)18-30(37(33,34)25-13-11-24(35-6)12-14-25)19-26(31)23(16-27(32)36-28(3,4)5)15-21-7-9-22(17-29)10-8-21;1-20(2)17-29(37(33,34)25-13-11-24(35-6)12-14-25)18-26(31)23(16-27(32)36-28(3,4)5)15-21-7-9-22(19-30)10-8-21;/h7-14,20,23,26,31H,15-16,18-19H2,1-6H3;7-14,19-20,23,26,31H,15-18H2,1-6H3;1H4/t2*23-,26-;/m11./s1. The van der Waals surface area contributed by atoms with Crippen LogP contribution in [-0.2, 0) is 52.0 Å². The number of sulfonamides is 2. The molecular formula is C57H81N3O13S2. The molecule has 18 heteroatoms. The minimum absolute atomic E-state index is 0. The van der Waals surface area contributed by atoms with E-state index in [0.717, 1.165) is 17.4 Å². The predicted octanol–water partition coefficient (Wildman–Crippen LogP) is 8.91. The van der Waals surface area contributed by atoms with Gasteiger partial charge in [-0.25, -0.2) is 16.8 Å². The van der Waals surface area contributed by atoms with Crippen molar-refractivity contribution in [3.63, 3.8) is 0 Å². The third-order valence-electron chi connectivity index (χ3n) is 11.3. The molecule has 0 aliphatic rings. The minimum Gasteiger partial charge on any atom is -0.497 e. The van der Waals surface area contributed by atoms with Gasteiger partial charge in [-0.05, 0) is 138 Å². The molecule has 0 radical (unpaired) electrons. The van der Waals surface area contributed by atoms with Crippen molar-refractivity contribution in [3.8, 4) is 17.6 Å². The normalized spacial score (nSPS) is 13.6. The Kier molecular flexibility index (Phi) is 25.8. The number of aldehydes is 1. The summed E-state index contributed by atoms with van der Waals surface area (Å²) in [4.78, 5) is 36.6. The first-order chi connectivity index (χ1) is 34.5. The monoisotopic (exact) mass is 1080 g/mol. The minimum atomic E-state index is -3.93. The highest BCUT2D eigenvalue weighted by Gasteiger charge is 2.34. The molecule has 0 amide bonds. The maximum Gasteiger partial charge on any atom is 0.306 e. The molecule has 75 heavy (non-hydrogen) atoms. The maximum absolute atomic E-state index is 13.5. The van der Waals surface area contributed by atoms with Gasteiger partial charge in [-0.1, -0.05) is 71.5 Å². The van der Waals surface area contributed by atoms with Crippen LogP contribution in [0.1, 0.15) is 117 Å². The fraction of sp³-hybridized carbons (Fsp3) is 0.509.